The molecule has 0 radical (unpaired) electrons. The second kappa shape index (κ2) is 8.05. The number of benzene rings is 1. The number of hydrogen-bond acceptors (Lipinski definition) is 3. The molecule has 0 fully saturated rings. The highest BCUT2D eigenvalue weighted by Gasteiger charge is 2.02. The van der Waals surface area contributed by atoms with Crippen molar-refractivity contribution in [3.8, 4) is 0 Å². The molecule has 0 spiro atoms. The van der Waals surface area contributed by atoms with Crippen molar-refractivity contribution < 1.29 is 4.74 Å². The van der Waals surface area contributed by atoms with Crippen LogP contribution in [0.5, 0.6) is 0 Å². The van der Waals surface area contributed by atoms with E-state index in [1.165, 1.54) is 11.3 Å². The number of nitrogens with one attached hydrogen (secondary N) is 1. The van der Waals surface area contributed by atoms with Gasteiger partial charge in [0.1, 0.15) is 0 Å². The topological polar surface area (TPSA) is 24.5 Å². The lowest BCUT2D eigenvalue weighted by Crippen LogP contribution is -2.13. The maximum atomic E-state index is 5.59. The zero-order valence-electron chi connectivity index (χ0n) is 13.0. The number of rotatable bonds is 8. The summed E-state index contributed by atoms with van der Waals surface area (Å²) in [4.78, 5) is 2.14. The summed E-state index contributed by atoms with van der Waals surface area (Å²) in [7, 11) is 4.14. The molecule has 19 heavy (non-hydrogen) atoms. The molecular weight excluding hydrogens is 236 g/mol. The standard InChI is InChI=1S/C16H28N2O/c1-13(2)8-10-19-11-9-17-15-7-6-14(3)16(12-15)18(4)5/h6-7,12-13,17H,8-11H2,1-5H3. The Labute approximate surface area is 118 Å². The van der Waals surface area contributed by atoms with Crippen molar-refractivity contribution in [2.24, 2.45) is 5.92 Å². The fourth-order valence-corrected chi connectivity index (χ4v) is 1.89. The fourth-order valence-electron chi connectivity index (χ4n) is 1.89. The zero-order chi connectivity index (χ0) is 14.3. The van der Waals surface area contributed by atoms with E-state index in [9.17, 15) is 0 Å². The Kier molecular flexibility index (Phi) is 6.71. The molecule has 0 aromatic heterocycles. The maximum Gasteiger partial charge on any atom is 0.0639 e. The lowest BCUT2D eigenvalue weighted by atomic mass is 10.1. The summed E-state index contributed by atoms with van der Waals surface area (Å²) in [5.41, 5.74) is 3.70. The molecule has 0 aliphatic heterocycles. The van der Waals surface area contributed by atoms with E-state index >= 15 is 0 Å². The molecule has 1 N–H and O–H groups in total. The van der Waals surface area contributed by atoms with Crippen molar-refractivity contribution in [2.45, 2.75) is 27.2 Å². The molecule has 0 aliphatic carbocycles. The first-order valence-corrected chi connectivity index (χ1v) is 7.10. The number of nitrogens with zero attached hydrogens (tertiary/aromatic N) is 1. The van der Waals surface area contributed by atoms with Gasteiger partial charge < -0.3 is 15.0 Å². The van der Waals surface area contributed by atoms with Crippen LogP contribution in [0, 0.1) is 12.8 Å². The van der Waals surface area contributed by atoms with Crippen LogP contribution in [0.1, 0.15) is 25.8 Å². The zero-order valence-corrected chi connectivity index (χ0v) is 13.0. The second-order valence-corrected chi connectivity index (χ2v) is 5.62. The minimum atomic E-state index is 0.715. The van der Waals surface area contributed by atoms with E-state index in [1.54, 1.807) is 0 Å². The summed E-state index contributed by atoms with van der Waals surface area (Å²) < 4.78 is 5.59. The number of hydrogen-bond donors (Lipinski definition) is 1. The van der Waals surface area contributed by atoms with Gasteiger partial charge in [0.2, 0.25) is 0 Å². The van der Waals surface area contributed by atoms with Crippen molar-refractivity contribution in [1.29, 1.82) is 0 Å². The van der Waals surface area contributed by atoms with Crippen LogP contribution in [0.2, 0.25) is 0 Å². The molecule has 3 heteroatoms. The van der Waals surface area contributed by atoms with Gasteiger partial charge in [0, 0.05) is 38.6 Å². The minimum absolute atomic E-state index is 0.715. The Balaban J connectivity index is 2.32. The van der Waals surface area contributed by atoms with Crippen molar-refractivity contribution in [2.75, 3.05) is 44.1 Å². The molecule has 108 valence electrons. The van der Waals surface area contributed by atoms with Crippen LogP contribution < -0.4 is 10.2 Å². The highest BCUT2D eigenvalue weighted by atomic mass is 16.5. The first kappa shape index (κ1) is 15.8. The summed E-state index contributed by atoms with van der Waals surface area (Å²) in [6.45, 7) is 9.05. The number of aryl methyl sites for hydroxylation is 1. The van der Waals surface area contributed by atoms with Crippen molar-refractivity contribution in [3.05, 3.63) is 23.8 Å². The third kappa shape index (κ3) is 5.97. The third-order valence-corrected chi connectivity index (χ3v) is 3.11. The van der Waals surface area contributed by atoms with Gasteiger partial charge in [0.15, 0.2) is 0 Å². The lowest BCUT2D eigenvalue weighted by molar-refractivity contribution is 0.132. The Bertz CT molecular complexity index is 375. The molecule has 3 nitrogen and oxygen atoms in total. The third-order valence-electron chi connectivity index (χ3n) is 3.11. The highest BCUT2D eigenvalue weighted by molar-refractivity contribution is 5.61. The van der Waals surface area contributed by atoms with Crippen LogP contribution in [0.3, 0.4) is 0 Å². The Morgan fingerprint density at radius 1 is 1.21 bits per heavy atom. The summed E-state index contributed by atoms with van der Waals surface area (Å²) in [5, 5.41) is 3.40. The van der Waals surface area contributed by atoms with Gasteiger partial charge in [0.25, 0.3) is 0 Å². The molecule has 0 bridgehead atoms. The van der Waals surface area contributed by atoms with Gasteiger partial charge in [0.05, 0.1) is 6.61 Å². The quantitative estimate of drug-likeness (QED) is 0.727. The monoisotopic (exact) mass is 264 g/mol. The number of anilines is 2. The molecule has 0 saturated heterocycles. The normalized spacial score (nSPS) is 10.8. The molecular formula is C16H28N2O. The molecule has 0 heterocycles. The summed E-state index contributed by atoms with van der Waals surface area (Å²) in [6.07, 6.45) is 1.13. The predicted molar refractivity (Wildman–Crippen MR) is 84.3 cm³/mol. The molecule has 1 aromatic carbocycles. The van der Waals surface area contributed by atoms with Crippen LogP contribution in [0.25, 0.3) is 0 Å². The van der Waals surface area contributed by atoms with Crippen LogP contribution in [0.4, 0.5) is 11.4 Å². The van der Waals surface area contributed by atoms with Gasteiger partial charge in [-0.25, -0.2) is 0 Å². The van der Waals surface area contributed by atoms with Crippen LogP contribution in [-0.2, 0) is 4.74 Å². The van der Waals surface area contributed by atoms with Gasteiger partial charge in [-0.2, -0.15) is 0 Å². The molecule has 1 aromatic rings. The smallest absolute Gasteiger partial charge is 0.0639 e. The molecule has 0 aliphatic rings. The van der Waals surface area contributed by atoms with Gasteiger partial charge in [-0.05, 0) is 37.0 Å². The Hall–Kier alpha value is -1.22. The van der Waals surface area contributed by atoms with Crippen LogP contribution >= 0.6 is 0 Å². The highest BCUT2D eigenvalue weighted by Crippen LogP contribution is 2.22. The van der Waals surface area contributed by atoms with Gasteiger partial charge in [-0.1, -0.05) is 19.9 Å². The first-order valence-electron chi connectivity index (χ1n) is 7.10. The van der Waals surface area contributed by atoms with E-state index in [-0.39, 0.29) is 0 Å². The molecule has 1 rings (SSSR count). The first-order chi connectivity index (χ1) is 9.00. The van der Waals surface area contributed by atoms with E-state index in [4.69, 9.17) is 4.74 Å². The van der Waals surface area contributed by atoms with E-state index < -0.39 is 0 Å². The lowest BCUT2D eigenvalue weighted by Gasteiger charge is -2.17. The van der Waals surface area contributed by atoms with E-state index in [0.717, 1.165) is 31.9 Å². The SMILES string of the molecule is Cc1ccc(NCCOCCC(C)C)cc1N(C)C. The van der Waals surface area contributed by atoms with Gasteiger partial charge in [-0.3, -0.25) is 0 Å². The average molecular weight is 264 g/mol. The average Bonchev–Trinajstić information content (AvgIpc) is 2.34. The van der Waals surface area contributed by atoms with E-state index in [1.807, 2.05) is 0 Å². The Morgan fingerprint density at radius 3 is 2.58 bits per heavy atom. The number of ether oxygens (including phenoxy) is 1. The van der Waals surface area contributed by atoms with Crippen molar-refractivity contribution >= 4 is 11.4 Å². The van der Waals surface area contributed by atoms with Crippen molar-refractivity contribution in [1.82, 2.24) is 0 Å². The van der Waals surface area contributed by atoms with Crippen LogP contribution in [0.15, 0.2) is 18.2 Å². The summed E-state index contributed by atoms with van der Waals surface area (Å²) in [5.74, 6) is 0.715. The fraction of sp³-hybridized carbons (Fsp3) is 0.625. The summed E-state index contributed by atoms with van der Waals surface area (Å²) in [6, 6.07) is 6.46. The van der Waals surface area contributed by atoms with Crippen LogP contribution in [-0.4, -0.2) is 33.9 Å². The Morgan fingerprint density at radius 2 is 1.95 bits per heavy atom. The predicted octanol–water partition coefficient (Wildman–Crippen LogP) is 3.54. The molecule has 0 saturated carbocycles. The van der Waals surface area contributed by atoms with Crippen molar-refractivity contribution in [3.63, 3.8) is 0 Å². The molecule has 0 unspecified atom stereocenters. The van der Waals surface area contributed by atoms with E-state index in [2.05, 4.69) is 63.3 Å². The van der Waals surface area contributed by atoms with Gasteiger partial charge >= 0.3 is 0 Å². The molecule has 0 amide bonds. The second-order valence-electron chi connectivity index (χ2n) is 5.62. The maximum absolute atomic E-state index is 5.59. The summed E-state index contributed by atoms with van der Waals surface area (Å²) >= 11 is 0. The largest absolute Gasteiger partial charge is 0.383 e. The minimum Gasteiger partial charge on any atom is -0.383 e. The van der Waals surface area contributed by atoms with E-state index in [0.29, 0.717) is 5.92 Å². The molecule has 0 atom stereocenters. The van der Waals surface area contributed by atoms with Gasteiger partial charge in [-0.15, -0.1) is 0 Å².